The Morgan fingerprint density at radius 3 is 2.63 bits per heavy atom. The van der Waals surface area contributed by atoms with Crippen molar-refractivity contribution in [1.29, 1.82) is 0 Å². The molecule has 1 aromatic carbocycles. The number of hydrogen-bond donors (Lipinski definition) is 1. The Bertz CT molecular complexity index is 853. The summed E-state index contributed by atoms with van der Waals surface area (Å²) in [4.78, 5) is 46.3. The van der Waals surface area contributed by atoms with Crippen molar-refractivity contribution in [3.8, 4) is 0 Å². The van der Waals surface area contributed by atoms with Crippen LogP contribution in [-0.4, -0.2) is 42.2 Å². The zero-order valence-corrected chi connectivity index (χ0v) is 15.1. The summed E-state index contributed by atoms with van der Waals surface area (Å²) in [5.41, 5.74) is 1.03. The Balaban J connectivity index is 1.67. The number of aromatic nitrogens is 1. The number of amides is 1. The molecule has 2 aromatic rings. The molecular weight excluding hydrogens is 356 g/mol. The Morgan fingerprint density at radius 2 is 1.85 bits per heavy atom. The third kappa shape index (κ3) is 6.28. The van der Waals surface area contributed by atoms with E-state index in [2.05, 4.69) is 5.32 Å². The Hall–Kier alpha value is -3.10. The zero-order valence-electron chi connectivity index (χ0n) is 15.1. The lowest BCUT2D eigenvalue weighted by Crippen LogP contribution is -2.30. The van der Waals surface area contributed by atoms with Gasteiger partial charge >= 0.3 is 17.7 Å². The molecule has 0 aliphatic rings. The van der Waals surface area contributed by atoms with Crippen LogP contribution in [0.15, 0.2) is 33.5 Å². The maximum Gasteiger partial charge on any atom is 0.419 e. The number of carbonyl (C=O) groups excluding carboxylic acids is 3. The van der Waals surface area contributed by atoms with Gasteiger partial charge in [0, 0.05) is 19.5 Å². The maximum atomic E-state index is 11.8. The van der Waals surface area contributed by atoms with Gasteiger partial charge in [-0.1, -0.05) is 12.1 Å². The molecule has 9 heteroatoms. The first kappa shape index (κ1) is 20.2. The number of hydrogen-bond acceptors (Lipinski definition) is 7. The van der Waals surface area contributed by atoms with Crippen LogP contribution in [-0.2, 0) is 30.4 Å². The maximum absolute atomic E-state index is 11.8. The van der Waals surface area contributed by atoms with Gasteiger partial charge in [-0.2, -0.15) is 0 Å². The first-order chi connectivity index (χ1) is 13.0. The van der Waals surface area contributed by atoms with Crippen LogP contribution in [0.2, 0.25) is 0 Å². The average molecular weight is 378 g/mol. The molecule has 2 rings (SSSR count). The summed E-state index contributed by atoms with van der Waals surface area (Å²) >= 11 is 0. The van der Waals surface area contributed by atoms with Crippen LogP contribution in [0.1, 0.15) is 26.2 Å². The number of ether oxygens (including phenoxy) is 2. The van der Waals surface area contributed by atoms with E-state index < -0.39 is 24.2 Å². The fourth-order valence-electron chi connectivity index (χ4n) is 2.39. The molecule has 9 nitrogen and oxygen atoms in total. The number of oxazole rings is 1. The van der Waals surface area contributed by atoms with Gasteiger partial charge in [-0.15, -0.1) is 0 Å². The number of benzene rings is 1. The molecule has 0 aliphatic heterocycles. The number of aryl methyl sites for hydroxylation is 1. The number of carbonyl (C=O) groups is 3. The second-order valence-electron chi connectivity index (χ2n) is 5.66. The van der Waals surface area contributed by atoms with Crippen molar-refractivity contribution in [1.82, 2.24) is 9.88 Å². The fourth-order valence-corrected chi connectivity index (χ4v) is 2.39. The van der Waals surface area contributed by atoms with Crippen LogP contribution in [0.3, 0.4) is 0 Å². The number of nitrogens with zero attached hydrogens (tertiary/aromatic N) is 1. The van der Waals surface area contributed by atoms with Gasteiger partial charge in [-0.25, -0.2) is 4.79 Å². The first-order valence-electron chi connectivity index (χ1n) is 8.67. The van der Waals surface area contributed by atoms with Crippen LogP contribution in [0, 0.1) is 0 Å². The molecular formula is C18H22N2O7. The Labute approximate surface area is 155 Å². The topological polar surface area (TPSA) is 117 Å². The van der Waals surface area contributed by atoms with Gasteiger partial charge in [0.1, 0.15) is 0 Å². The molecule has 1 heterocycles. The third-order valence-corrected chi connectivity index (χ3v) is 3.66. The predicted molar refractivity (Wildman–Crippen MR) is 94.9 cm³/mol. The van der Waals surface area contributed by atoms with Crippen molar-refractivity contribution in [3.63, 3.8) is 0 Å². The molecule has 146 valence electrons. The van der Waals surface area contributed by atoms with E-state index in [4.69, 9.17) is 13.9 Å². The fraction of sp³-hybridized carbons (Fsp3) is 0.444. The van der Waals surface area contributed by atoms with E-state index in [1.807, 2.05) is 0 Å². The minimum absolute atomic E-state index is 0.0699. The number of nitrogens with one attached hydrogen (secondary N) is 1. The van der Waals surface area contributed by atoms with Gasteiger partial charge < -0.3 is 19.2 Å². The largest absolute Gasteiger partial charge is 0.466 e. The lowest BCUT2D eigenvalue weighted by molar-refractivity contribution is -0.148. The monoisotopic (exact) mass is 378 g/mol. The number of esters is 2. The normalized spacial score (nSPS) is 10.6. The van der Waals surface area contributed by atoms with E-state index in [1.165, 1.54) is 4.57 Å². The van der Waals surface area contributed by atoms with Gasteiger partial charge in [0.05, 0.1) is 18.5 Å². The summed E-state index contributed by atoms with van der Waals surface area (Å²) < 4.78 is 16.1. The SMILES string of the molecule is CCOC(=O)CCCNC(=O)COC(=O)CCn1c(=O)oc2ccccc21. The molecule has 1 aromatic heterocycles. The average Bonchev–Trinajstić information content (AvgIpc) is 2.97. The van der Waals surface area contributed by atoms with Crippen molar-refractivity contribution in [2.24, 2.45) is 0 Å². The molecule has 0 aliphatic carbocycles. The van der Waals surface area contributed by atoms with Crippen molar-refractivity contribution in [2.75, 3.05) is 19.8 Å². The van der Waals surface area contributed by atoms with Crippen molar-refractivity contribution in [2.45, 2.75) is 32.7 Å². The Kier molecular flexibility index (Phi) is 7.60. The predicted octanol–water partition coefficient (Wildman–Crippen LogP) is 0.987. The van der Waals surface area contributed by atoms with E-state index in [0.717, 1.165) is 0 Å². The molecule has 0 radical (unpaired) electrons. The lowest BCUT2D eigenvalue weighted by Gasteiger charge is -2.07. The van der Waals surface area contributed by atoms with Crippen LogP contribution >= 0.6 is 0 Å². The first-order valence-corrected chi connectivity index (χ1v) is 8.67. The molecule has 1 amide bonds. The summed E-state index contributed by atoms with van der Waals surface area (Å²) in [6.45, 7) is 2.00. The molecule has 0 saturated carbocycles. The summed E-state index contributed by atoms with van der Waals surface area (Å²) in [5.74, 6) is -1.93. The molecule has 0 saturated heterocycles. The van der Waals surface area contributed by atoms with E-state index in [9.17, 15) is 19.2 Å². The van der Waals surface area contributed by atoms with Crippen LogP contribution in [0.5, 0.6) is 0 Å². The number of rotatable bonds is 10. The molecule has 0 fully saturated rings. The highest BCUT2D eigenvalue weighted by molar-refractivity contribution is 5.80. The molecule has 0 bridgehead atoms. The van der Waals surface area contributed by atoms with E-state index >= 15 is 0 Å². The summed E-state index contributed by atoms with van der Waals surface area (Å²) in [7, 11) is 0. The standard InChI is InChI=1S/C18H22N2O7/c1-2-25-16(22)8-5-10-19-15(21)12-26-17(23)9-11-20-13-6-3-4-7-14(13)27-18(20)24/h3-4,6-7H,2,5,8-12H2,1H3,(H,19,21). The highest BCUT2D eigenvalue weighted by Crippen LogP contribution is 2.12. The molecule has 27 heavy (non-hydrogen) atoms. The third-order valence-electron chi connectivity index (χ3n) is 3.66. The summed E-state index contributed by atoms with van der Waals surface area (Å²) in [5, 5.41) is 2.54. The summed E-state index contributed by atoms with van der Waals surface area (Å²) in [6.07, 6.45) is 0.579. The van der Waals surface area contributed by atoms with E-state index in [-0.39, 0.29) is 31.9 Å². The van der Waals surface area contributed by atoms with Crippen LogP contribution < -0.4 is 11.1 Å². The van der Waals surface area contributed by atoms with Crippen molar-refractivity contribution >= 4 is 28.9 Å². The van der Waals surface area contributed by atoms with Crippen molar-refractivity contribution < 1.29 is 28.3 Å². The van der Waals surface area contributed by atoms with Gasteiger partial charge in [0.15, 0.2) is 12.2 Å². The van der Waals surface area contributed by atoms with Crippen LogP contribution in [0.4, 0.5) is 0 Å². The Morgan fingerprint density at radius 1 is 1.11 bits per heavy atom. The summed E-state index contributed by atoms with van der Waals surface area (Å²) in [6, 6.07) is 6.89. The minimum Gasteiger partial charge on any atom is -0.466 e. The zero-order chi connectivity index (χ0) is 19.6. The smallest absolute Gasteiger partial charge is 0.419 e. The molecule has 0 atom stereocenters. The number of para-hydroxylation sites is 2. The van der Waals surface area contributed by atoms with Crippen molar-refractivity contribution in [3.05, 3.63) is 34.8 Å². The molecule has 0 spiro atoms. The quantitative estimate of drug-likeness (QED) is 0.484. The lowest BCUT2D eigenvalue weighted by atomic mass is 10.3. The molecule has 1 N–H and O–H groups in total. The minimum atomic E-state index is -0.603. The van der Waals surface area contributed by atoms with Gasteiger partial charge in [-0.3, -0.25) is 19.0 Å². The van der Waals surface area contributed by atoms with Gasteiger partial charge in [0.2, 0.25) is 0 Å². The van der Waals surface area contributed by atoms with E-state index in [1.54, 1.807) is 31.2 Å². The van der Waals surface area contributed by atoms with Crippen LogP contribution in [0.25, 0.3) is 11.1 Å². The van der Waals surface area contributed by atoms with E-state index in [0.29, 0.717) is 24.1 Å². The highest BCUT2D eigenvalue weighted by atomic mass is 16.5. The highest BCUT2D eigenvalue weighted by Gasteiger charge is 2.12. The van der Waals surface area contributed by atoms with Gasteiger partial charge in [-0.05, 0) is 25.5 Å². The second-order valence-corrected chi connectivity index (χ2v) is 5.66. The second kappa shape index (κ2) is 10.1. The molecule has 0 unspecified atom stereocenters. The van der Waals surface area contributed by atoms with Gasteiger partial charge in [0.25, 0.3) is 5.91 Å². The number of fused-ring (bicyclic) bond motifs is 1.